The molecule has 0 aromatic heterocycles. The van der Waals surface area contributed by atoms with Crippen molar-refractivity contribution in [1.29, 1.82) is 5.26 Å². The zero-order chi connectivity index (χ0) is 13.0. The van der Waals surface area contributed by atoms with E-state index in [4.69, 9.17) is 5.26 Å². The molecule has 0 amide bonds. The Bertz CT molecular complexity index is 448. The highest BCUT2D eigenvalue weighted by Gasteiger charge is 2.23. The lowest BCUT2D eigenvalue weighted by atomic mass is 10.1. The van der Waals surface area contributed by atoms with Gasteiger partial charge in [0.15, 0.2) is 0 Å². The van der Waals surface area contributed by atoms with Gasteiger partial charge >= 0.3 is 0 Å². The molecule has 18 heavy (non-hydrogen) atoms. The highest BCUT2D eigenvalue weighted by molar-refractivity contribution is 8.16. The molecule has 1 aromatic carbocycles. The monoisotopic (exact) mass is 281 g/mol. The summed E-state index contributed by atoms with van der Waals surface area (Å²) in [4.78, 5) is 0. The molecule has 1 aromatic rings. The molecule has 1 nitrogen and oxygen atoms in total. The first kappa shape index (κ1) is 13.8. The van der Waals surface area contributed by atoms with E-state index in [9.17, 15) is 4.39 Å². The van der Waals surface area contributed by atoms with Crippen LogP contribution in [0.2, 0.25) is 0 Å². The van der Waals surface area contributed by atoms with Crippen LogP contribution in [0.1, 0.15) is 35.5 Å². The van der Waals surface area contributed by atoms with Gasteiger partial charge in [-0.2, -0.15) is 5.26 Å². The van der Waals surface area contributed by atoms with Gasteiger partial charge in [0, 0.05) is 0 Å². The maximum atomic E-state index is 13.6. The molecule has 0 aliphatic carbocycles. The van der Waals surface area contributed by atoms with Gasteiger partial charge in [-0.15, -0.1) is 23.5 Å². The summed E-state index contributed by atoms with van der Waals surface area (Å²) in [6, 6.07) is 6.85. The second-order valence-corrected chi connectivity index (χ2v) is 7.08. The number of hydrogen-bond acceptors (Lipinski definition) is 3. The minimum absolute atomic E-state index is 0.133. The van der Waals surface area contributed by atoms with E-state index >= 15 is 0 Å². The van der Waals surface area contributed by atoms with E-state index in [-0.39, 0.29) is 5.56 Å². The molecule has 1 aliphatic rings. The number of thioether (sulfide) groups is 2. The standard InChI is InChI=1S/C14H16FNS2/c1-2-3-10-8-17-14(18-9-10)11-4-5-12(7-16)13(15)6-11/h4-6,10,14H,2-3,8-9H2,1H3. The van der Waals surface area contributed by atoms with Crippen LogP contribution in [0.3, 0.4) is 0 Å². The molecule has 0 radical (unpaired) electrons. The van der Waals surface area contributed by atoms with Crippen molar-refractivity contribution in [2.45, 2.75) is 24.3 Å². The normalized spacial score (nSPS) is 23.6. The molecule has 96 valence electrons. The number of nitrogens with zero attached hydrogens (tertiary/aromatic N) is 1. The first-order valence-electron chi connectivity index (χ1n) is 6.17. The molecule has 2 rings (SSSR count). The SMILES string of the molecule is CCCC1CSC(c2ccc(C#N)c(F)c2)SC1. The van der Waals surface area contributed by atoms with Crippen molar-refractivity contribution in [3.63, 3.8) is 0 Å². The summed E-state index contributed by atoms with van der Waals surface area (Å²) in [5.41, 5.74) is 1.13. The molecule has 1 heterocycles. The molecule has 0 spiro atoms. The predicted molar refractivity (Wildman–Crippen MR) is 77.2 cm³/mol. The van der Waals surface area contributed by atoms with Crippen LogP contribution in [-0.2, 0) is 0 Å². The van der Waals surface area contributed by atoms with Crippen LogP contribution in [0.25, 0.3) is 0 Å². The van der Waals surface area contributed by atoms with Crippen molar-refractivity contribution < 1.29 is 4.39 Å². The topological polar surface area (TPSA) is 23.8 Å². The Kier molecular flexibility index (Phi) is 4.96. The number of benzene rings is 1. The fourth-order valence-corrected chi connectivity index (χ4v) is 5.23. The highest BCUT2D eigenvalue weighted by atomic mass is 32.2. The summed E-state index contributed by atoms with van der Waals surface area (Å²) in [6.07, 6.45) is 2.52. The fraction of sp³-hybridized carbons (Fsp3) is 0.500. The van der Waals surface area contributed by atoms with Gasteiger partial charge in [0.25, 0.3) is 0 Å². The van der Waals surface area contributed by atoms with E-state index in [0.717, 1.165) is 23.0 Å². The first-order valence-corrected chi connectivity index (χ1v) is 8.27. The lowest BCUT2D eigenvalue weighted by Gasteiger charge is -2.27. The molecule has 0 N–H and O–H groups in total. The van der Waals surface area contributed by atoms with Crippen LogP contribution < -0.4 is 0 Å². The molecule has 1 saturated heterocycles. The highest BCUT2D eigenvalue weighted by Crippen LogP contribution is 2.46. The molecule has 1 aliphatic heterocycles. The maximum absolute atomic E-state index is 13.6. The summed E-state index contributed by atoms with van der Waals surface area (Å²) < 4.78 is 13.9. The number of hydrogen-bond donors (Lipinski definition) is 0. The minimum atomic E-state index is -0.396. The summed E-state index contributed by atoms with van der Waals surface area (Å²) >= 11 is 3.80. The van der Waals surface area contributed by atoms with Crippen LogP contribution in [0.4, 0.5) is 4.39 Å². The van der Waals surface area contributed by atoms with Crippen LogP contribution in [0.15, 0.2) is 18.2 Å². The molecule has 0 bridgehead atoms. The van der Waals surface area contributed by atoms with Crippen molar-refractivity contribution in [3.05, 3.63) is 35.1 Å². The predicted octanol–water partition coefficient (Wildman–Crippen LogP) is 4.59. The van der Waals surface area contributed by atoms with Crippen LogP contribution in [0.5, 0.6) is 0 Å². The average Bonchev–Trinajstić information content (AvgIpc) is 2.40. The van der Waals surface area contributed by atoms with Crippen molar-refractivity contribution in [1.82, 2.24) is 0 Å². The van der Waals surface area contributed by atoms with Crippen molar-refractivity contribution in [3.8, 4) is 6.07 Å². The summed E-state index contributed by atoms with van der Waals surface area (Å²) in [5.74, 6) is 2.72. The Morgan fingerprint density at radius 1 is 1.39 bits per heavy atom. The largest absolute Gasteiger partial charge is 0.206 e. The number of nitriles is 1. The zero-order valence-electron chi connectivity index (χ0n) is 10.4. The Morgan fingerprint density at radius 3 is 2.67 bits per heavy atom. The van der Waals surface area contributed by atoms with Gasteiger partial charge < -0.3 is 0 Å². The molecular weight excluding hydrogens is 265 g/mol. The van der Waals surface area contributed by atoms with Gasteiger partial charge in [0.1, 0.15) is 11.9 Å². The summed E-state index contributed by atoms with van der Waals surface area (Å²) in [5, 5.41) is 8.71. The molecular formula is C14H16FNS2. The van der Waals surface area contributed by atoms with E-state index < -0.39 is 5.82 Å². The summed E-state index contributed by atoms with van der Waals surface area (Å²) in [6.45, 7) is 2.22. The van der Waals surface area contributed by atoms with Crippen LogP contribution >= 0.6 is 23.5 Å². The van der Waals surface area contributed by atoms with Gasteiger partial charge in [-0.3, -0.25) is 0 Å². The molecule has 0 saturated carbocycles. The van der Waals surface area contributed by atoms with E-state index in [1.165, 1.54) is 18.9 Å². The van der Waals surface area contributed by atoms with E-state index in [1.807, 2.05) is 35.7 Å². The average molecular weight is 281 g/mol. The molecule has 4 heteroatoms. The Hall–Kier alpha value is -0.660. The Balaban J connectivity index is 2.02. The van der Waals surface area contributed by atoms with E-state index in [1.54, 1.807) is 6.07 Å². The third-order valence-electron chi connectivity index (χ3n) is 3.05. The second-order valence-electron chi connectivity index (χ2n) is 4.50. The Labute approximate surface area is 116 Å². The smallest absolute Gasteiger partial charge is 0.141 e. The van der Waals surface area contributed by atoms with Gasteiger partial charge in [-0.1, -0.05) is 19.4 Å². The van der Waals surface area contributed by atoms with E-state index in [0.29, 0.717) is 4.58 Å². The lowest BCUT2D eigenvalue weighted by Crippen LogP contribution is -2.14. The number of halogens is 1. The molecule has 0 unspecified atom stereocenters. The van der Waals surface area contributed by atoms with Gasteiger partial charge in [-0.25, -0.2) is 4.39 Å². The molecule has 0 atom stereocenters. The van der Waals surface area contributed by atoms with Gasteiger partial charge in [0.05, 0.1) is 10.1 Å². The Morgan fingerprint density at radius 2 is 2.11 bits per heavy atom. The third-order valence-corrected chi connectivity index (χ3v) is 6.34. The maximum Gasteiger partial charge on any atom is 0.141 e. The van der Waals surface area contributed by atoms with Crippen LogP contribution in [0, 0.1) is 23.1 Å². The van der Waals surface area contributed by atoms with Gasteiger partial charge in [-0.05, 0) is 41.5 Å². The lowest BCUT2D eigenvalue weighted by molar-refractivity contribution is 0.591. The first-order chi connectivity index (χ1) is 8.74. The summed E-state index contributed by atoms with van der Waals surface area (Å²) in [7, 11) is 0. The minimum Gasteiger partial charge on any atom is -0.206 e. The fourth-order valence-electron chi connectivity index (χ4n) is 2.08. The van der Waals surface area contributed by atoms with Crippen molar-refractivity contribution >= 4 is 23.5 Å². The van der Waals surface area contributed by atoms with E-state index in [2.05, 4.69) is 6.92 Å². The zero-order valence-corrected chi connectivity index (χ0v) is 12.0. The second kappa shape index (κ2) is 6.49. The number of rotatable bonds is 3. The van der Waals surface area contributed by atoms with Crippen molar-refractivity contribution in [2.24, 2.45) is 5.92 Å². The third kappa shape index (κ3) is 3.21. The van der Waals surface area contributed by atoms with Crippen molar-refractivity contribution in [2.75, 3.05) is 11.5 Å². The molecule has 1 fully saturated rings. The van der Waals surface area contributed by atoms with Crippen LogP contribution in [-0.4, -0.2) is 11.5 Å². The quantitative estimate of drug-likeness (QED) is 0.809. The van der Waals surface area contributed by atoms with Gasteiger partial charge in [0.2, 0.25) is 0 Å².